The van der Waals surface area contributed by atoms with Gasteiger partial charge in [0.1, 0.15) is 17.5 Å². The van der Waals surface area contributed by atoms with Crippen LogP contribution in [0.4, 0.5) is 0 Å². The molecule has 14 atom stereocenters. The molecule has 0 spiro atoms. The zero-order valence-corrected chi connectivity index (χ0v) is 31.4. The highest BCUT2D eigenvalue weighted by molar-refractivity contribution is 5.84. The van der Waals surface area contributed by atoms with Gasteiger partial charge < -0.3 is 39.0 Å². The van der Waals surface area contributed by atoms with Crippen molar-refractivity contribution in [3.8, 4) is 12.3 Å². The molecule has 284 valence electrons. The Balaban J connectivity index is 1.71. The van der Waals surface area contributed by atoms with Crippen LogP contribution in [0.25, 0.3) is 0 Å². The molecule has 1 aromatic rings. The molecule has 0 amide bonds. The Bertz CT molecular complexity index is 1420. The Labute approximate surface area is 302 Å². The second-order valence-corrected chi connectivity index (χ2v) is 15.4. The average molecular weight is 716 g/mol. The number of terminal acetylenes is 1. The molecule has 0 aromatic heterocycles. The Morgan fingerprint density at radius 2 is 1.75 bits per heavy atom. The summed E-state index contributed by atoms with van der Waals surface area (Å²) in [6.07, 6.45) is -0.923. The third kappa shape index (κ3) is 8.84. The van der Waals surface area contributed by atoms with Gasteiger partial charge in [-0.05, 0) is 71.7 Å². The molecule has 3 aliphatic rings. The highest BCUT2D eigenvalue weighted by Gasteiger charge is 2.55. The van der Waals surface area contributed by atoms with E-state index in [0.717, 1.165) is 11.1 Å². The van der Waals surface area contributed by atoms with E-state index in [1.54, 1.807) is 27.7 Å². The molecule has 3 aliphatic heterocycles. The van der Waals surface area contributed by atoms with Crippen molar-refractivity contribution in [3.63, 3.8) is 0 Å². The maximum absolute atomic E-state index is 13.8. The van der Waals surface area contributed by atoms with E-state index >= 15 is 0 Å². The molecule has 51 heavy (non-hydrogen) atoms. The first-order valence-corrected chi connectivity index (χ1v) is 18.0. The predicted molar refractivity (Wildman–Crippen MR) is 187 cm³/mol. The third-order valence-corrected chi connectivity index (χ3v) is 11.3. The molecular formula is C39H57NO11. The van der Waals surface area contributed by atoms with E-state index in [9.17, 15) is 29.7 Å². The van der Waals surface area contributed by atoms with Gasteiger partial charge in [0.15, 0.2) is 12.4 Å². The monoisotopic (exact) mass is 715 g/mol. The number of aliphatic hydroxyl groups is 3. The topological polar surface area (TPSA) is 161 Å². The molecule has 1 aromatic carbocycles. The molecule has 2 bridgehead atoms. The van der Waals surface area contributed by atoms with Gasteiger partial charge in [0.05, 0.1) is 48.6 Å². The van der Waals surface area contributed by atoms with Crippen molar-refractivity contribution in [2.45, 2.75) is 141 Å². The van der Waals surface area contributed by atoms with Crippen LogP contribution in [0.5, 0.6) is 0 Å². The second kappa shape index (κ2) is 16.4. The lowest BCUT2D eigenvalue weighted by atomic mass is 9.75. The minimum absolute atomic E-state index is 0.0124. The fourth-order valence-corrected chi connectivity index (χ4v) is 8.10. The van der Waals surface area contributed by atoms with Gasteiger partial charge in [-0.2, -0.15) is 0 Å². The molecule has 0 radical (unpaired) electrons. The van der Waals surface area contributed by atoms with Crippen LogP contribution in [-0.4, -0.2) is 112 Å². The number of cyclic esters (lactones) is 1. The molecule has 0 saturated carbocycles. The van der Waals surface area contributed by atoms with Crippen LogP contribution in [0, 0.1) is 36.0 Å². The maximum Gasteiger partial charge on any atom is 0.311 e. The number of aliphatic hydroxyl groups excluding tert-OH is 2. The summed E-state index contributed by atoms with van der Waals surface area (Å²) in [7, 11) is 1.93. The lowest BCUT2D eigenvalue weighted by Gasteiger charge is -2.47. The quantitative estimate of drug-likeness (QED) is 0.280. The summed E-state index contributed by atoms with van der Waals surface area (Å²) < 4.78 is 31.2. The van der Waals surface area contributed by atoms with Gasteiger partial charge >= 0.3 is 11.9 Å². The summed E-state index contributed by atoms with van der Waals surface area (Å²) in [5.41, 5.74) is -1.35. The highest BCUT2D eigenvalue weighted by Crippen LogP contribution is 2.43. The van der Waals surface area contributed by atoms with Crippen LogP contribution in [-0.2, 0) is 44.6 Å². The fraction of sp³-hybridized carbons (Fsp3) is 0.718. The average Bonchev–Trinajstić information content (AvgIpc) is 3.50. The first-order chi connectivity index (χ1) is 23.8. The Hall–Kier alpha value is -2.89. The molecule has 3 fully saturated rings. The van der Waals surface area contributed by atoms with Gasteiger partial charge in [-0.15, -0.1) is 6.42 Å². The lowest BCUT2D eigenvalue weighted by molar-refractivity contribution is -0.301. The summed E-state index contributed by atoms with van der Waals surface area (Å²) in [6, 6.07) is 7.30. The normalized spacial score (nSPS) is 41.0. The largest absolute Gasteiger partial charge is 0.459 e. The van der Waals surface area contributed by atoms with E-state index in [2.05, 4.69) is 10.8 Å². The smallest absolute Gasteiger partial charge is 0.311 e. The summed E-state index contributed by atoms with van der Waals surface area (Å²) in [4.78, 5) is 42.0. The fourth-order valence-electron chi connectivity index (χ4n) is 8.10. The van der Waals surface area contributed by atoms with Crippen LogP contribution in [0.2, 0.25) is 0 Å². The number of Topliss-reactive ketones (excluding diaryl/α,β-unsaturated/α-hetero) is 1. The number of ketones is 1. The Morgan fingerprint density at radius 3 is 2.33 bits per heavy atom. The van der Waals surface area contributed by atoms with Crippen LogP contribution in [0.15, 0.2) is 24.3 Å². The van der Waals surface area contributed by atoms with Crippen molar-refractivity contribution in [1.82, 2.24) is 4.90 Å². The number of rotatable bonds is 7. The van der Waals surface area contributed by atoms with E-state index < -0.39 is 83.6 Å². The molecule has 12 nitrogen and oxygen atoms in total. The van der Waals surface area contributed by atoms with Gasteiger partial charge in [-0.1, -0.05) is 38.8 Å². The number of benzene rings is 1. The third-order valence-electron chi connectivity index (χ3n) is 11.3. The minimum atomic E-state index is -1.94. The summed E-state index contributed by atoms with van der Waals surface area (Å²) in [6.45, 7) is 13.4. The van der Waals surface area contributed by atoms with Crippen LogP contribution >= 0.6 is 0 Å². The SMILES string of the molecule is C#Cc1ccc(CN(C)[C@H]2C[C@@H](C)O[C@@H](O[C@@H]3[C@@H](C)[C@H](O)[C@@H](C)C(=O)O[C@H](CC)[C@@](C)(O)[C@H](O)[C@@H](C)C(=O)[C@@H]4CO[C@]3(C)C4)[C@H]2OC(C)=O)cc1. The number of likely N-dealkylation sites (N-methyl/N-ethyl adjacent to an activating group) is 1. The number of esters is 2. The Kier molecular flexibility index (Phi) is 13.2. The number of carbonyl (C=O) groups excluding carboxylic acids is 3. The molecule has 3 saturated heterocycles. The summed E-state index contributed by atoms with van der Waals surface area (Å²) in [5, 5.41) is 34.4. The minimum Gasteiger partial charge on any atom is -0.459 e. The van der Waals surface area contributed by atoms with Gasteiger partial charge in [0.25, 0.3) is 0 Å². The lowest BCUT2D eigenvalue weighted by Crippen LogP contribution is -2.60. The Morgan fingerprint density at radius 1 is 1.10 bits per heavy atom. The van der Waals surface area contributed by atoms with Gasteiger partial charge in [-0.3, -0.25) is 19.3 Å². The first-order valence-electron chi connectivity index (χ1n) is 18.0. The number of hydrogen-bond donors (Lipinski definition) is 3. The molecule has 3 heterocycles. The van der Waals surface area contributed by atoms with Crippen molar-refractivity contribution in [3.05, 3.63) is 35.4 Å². The van der Waals surface area contributed by atoms with E-state index in [1.165, 1.54) is 20.8 Å². The summed E-state index contributed by atoms with van der Waals surface area (Å²) >= 11 is 0. The van der Waals surface area contributed by atoms with Crippen LogP contribution < -0.4 is 0 Å². The van der Waals surface area contributed by atoms with Gasteiger partial charge in [0, 0.05) is 36.8 Å². The molecule has 12 heteroatoms. The van der Waals surface area contributed by atoms with Crippen molar-refractivity contribution in [1.29, 1.82) is 0 Å². The summed E-state index contributed by atoms with van der Waals surface area (Å²) in [5.74, 6) is -2.55. The number of ether oxygens (including phenoxy) is 5. The predicted octanol–water partition coefficient (Wildman–Crippen LogP) is 3.00. The van der Waals surface area contributed by atoms with E-state index in [1.807, 2.05) is 38.2 Å². The van der Waals surface area contributed by atoms with Crippen molar-refractivity contribution < 1.29 is 53.4 Å². The van der Waals surface area contributed by atoms with Gasteiger partial charge in [-0.25, -0.2) is 0 Å². The van der Waals surface area contributed by atoms with Crippen molar-refractivity contribution in [2.75, 3.05) is 13.7 Å². The maximum atomic E-state index is 13.8. The van der Waals surface area contributed by atoms with E-state index in [0.29, 0.717) is 13.0 Å². The first kappa shape index (κ1) is 40.9. The number of nitrogens with zero attached hydrogens (tertiary/aromatic N) is 1. The van der Waals surface area contributed by atoms with Crippen LogP contribution in [0.3, 0.4) is 0 Å². The zero-order chi connectivity index (χ0) is 38.0. The van der Waals surface area contributed by atoms with E-state index in [4.69, 9.17) is 30.1 Å². The van der Waals surface area contributed by atoms with Crippen LogP contribution in [0.1, 0.15) is 85.8 Å². The molecule has 3 N–H and O–H groups in total. The molecule has 0 aliphatic carbocycles. The standard InChI is InChI=1S/C39H57NO11/c1-11-26-13-15-27(16-14-26)19-40(10)29-17-21(3)48-37(33(29)49-25(7)41)51-35-23(5)31(42)24(6)36(45)50-30(12-2)39(9,46)34(44)22(4)32(43)28-18-38(35,8)47-20-28/h1,13-16,21-24,28-31,33-35,37,42,44,46H,12,17-20H2,2-10H3/t21-,22+,23+,24-,28+,29+,30-,31+,33+,34-,35-,37+,38-,39-/m1/s1. The number of fused-ring (bicyclic) bond motifs is 2. The highest BCUT2D eigenvalue weighted by atomic mass is 16.7. The van der Waals surface area contributed by atoms with Crippen molar-refractivity contribution in [2.24, 2.45) is 23.7 Å². The zero-order valence-electron chi connectivity index (χ0n) is 31.4. The molecular weight excluding hydrogens is 658 g/mol. The van der Waals surface area contributed by atoms with Gasteiger partial charge in [0.2, 0.25) is 0 Å². The number of hydrogen-bond acceptors (Lipinski definition) is 12. The van der Waals surface area contributed by atoms with Crippen molar-refractivity contribution >= 4 is 17.7 Å². The van der Waals surface area contributed by atoms with E-state index in [-0.39, 0.29) is 37.4 Å². The second-order valence-electron chi connectivity index (χ2n) is 15.4. The molecule has 0 unspecified atom stereocenters. The number of carbonyl (C=O) groups is 3. The molecule has 4 rings (SSSR count).